The first-order chi connectivity index (χ1) is 7.11. The number of aliphatic hydroxyl groups is 1. The standard InChI is InChI=1S/C9H14ClN3O2/c1-15-5-7(14)4-12-9-3-6(11)2-8(10)13-9/h2-3,7,14H,4-5H2,1H3,(H3,11,12,13). The molecule has 1 rings (SSSR count). The number of anilines is 2. The molecule has 84 valence electrons. The third-order valence-electron chi connectivity index (χ3n) is 1.69. The number of nitrogens with two attached hydrogens (primary N) is 1. The fraction of sp³-hybridized carbons (Fsp3) is 0.444. The number of hydrogen-bond acceptors (Lipinski definition) is 5. The van der Waals surface area contributed by atoms with Crippen LogP contribution in [0.1, 0.15) is 0 Å². The molecule has 0 fully saturated rings. The van der Waals surface area contributed by atoms with Gasteiger partial charge in [-0.2, -0.15) is 0 Å². The maximum atomic E-state index is 9.37. The largest absolute Gasteiger partial charge is 0.399 e. The van der Waals surface area contributed by atoms with Gasteiger partial charge in [0, 0.05) is 25.4 Å². The number of rotatable bonds is 5. The maximum Gasteiger partial charge on any atom is 0.133 e. The lowest BCUT2D eigenvalue weighted by atomic mass is 10.3. The van der Waals surface area contributed by atoms with Crippen molar-refractivity contribution in [2.75, 3.05) is 31.3 Å². The molecule has 1 heterocycles. The highest BCUT2D eigenvalue weighted by atomic mass is 35.5. The third kappa shape index (κ3) is 4.33. The van der Waals surface area contributed by atoms with Crippen LogP contribution in [-0.4, -0.2) is 36.5 Å². The molecule has 15 heavy (non-hydrogen) atoms. The summed E-state index contributed by atoms with van der Waals surface area (Å²) in [5, 5.41) is 12.6. The van der Waals surface area contributed by atoms with E-state index in [-0.39, 0.29) is 6.61 Å². The number of ether oxygens (including phenoxy) is 1. The Balaban J connectivity index is 2.50. The monoisotopic (exact) mass is 231 g/mol. The molecule has 0 saturated carbocycles. The number of hydrogen-bond donors (Lipinski definition) is 3. The molecule has 4 N–H and O–H groups in total. The van der Waals surface area contributed by atoms with E-state index in [9.17, 15) is 5.11 Å². The highest BCUT2D eigenvalue weighted by Crippen LogP contribution is 2.15. The van der Waals surface area contributed by atoms with Crippen LogP contribution in [0.25, 0.3) is 0 Å². The highest BCUT2D eigenvalue weighted by Gasteiger charge is 2.04. The number of aliphatic hydroxyl groups excluding tert-OH is 1. The van der Waals surface area contributed by atoms with Gasteiger partial charge >= 0.3 is 0 Å². The first-order valence-corrected chi connectivity index (χ1v) is 4.83. The second-order valence-electron chi connectivity index (χ2n) is 3.10. The summed E-state index contributed by atoms with van der Waals surface area (Å²) in [5.41, 5.74) is 6.10. The predicted octanol–water partition coefficient (Wildman–Crippen LogP) is 0.736. The summed E-state index contributed by atoms with van der Waals surface area (Å²) < 4.78 is 4.78. The Labute approximate surface area is 93.2 Å². The van der Waals surface area contributed by atoms with Gasteiger partial charge in [0.25, 0.3) is 0 Å². The fourth-order valence-corrected chi connectivity index (χ4v) is 1.30. The van der Waals surface area contributed by atoms with Crippen molar-refractivity contribution in [3.05, 3.63) is 17.3 Å². The molecule has 0 aromatic carbocycles. The molecular formula is C9H14ClN3O2. The van der Waals surface area contributed by atoms with Gasteiger partial charge in [0.15, 0.2) is 0 Å². The van der Waals surface area contributed by atoms with Crippen molar-refractivity contribution in [1.29, 1.82) is 0 Å². The Bertz CT molecular complexity index is 302. The van der Waals surface area contributed by atoms with E-state index in [1.807, 2.05) is 0 Å². The molecule has 1 atom stereocenters. The van der Waals surface area contributed by atoms with E-state index < -0.39 is 6.10 Å². The van der Waals surface area contributed by atoms with E-state index >= 15 is 0 Å². The molecule has 1 aromatic rings. The van der Waals surface area contributed by atoms with Crippen LogP contribution in [0.5, 0.6) is 0 Å². The average molecular weight is 232 g/mol. The Morgan fingerprint density at radius 2 is 2.40 bits per heavy atom. The molecule has 0 bridgehead atoms. The van der Waals surface area contributed by atoms with E-state index in [2.05, 4.69) is 10.3 Å². The summed E-state index contributed by atoms with van der Waals surface area (Å²) >= 11 is 5.71. The van der Waals surface area contributed by atoms with Crippen LogP contribution in [0.15, 0.2) is 12.1 Å². The van der Waals surface area contributed by atoms with Gasteiger partial charge in [-0.05, 0) is 6.07 Å². The smallest absolute Gasteiger partial charge is 0.133 e. The van der Waals surface area contributed by atoms with Gasteiger partial charge < -0.3 is 20.9 Å². The number of nitrogens with one attached hydrogen (secondary N) is 1. The molecule has 0 amide bonds. The number of nitrogens with zero attached hydrogens (tertiary/aromatic N) is 1. The Morgan fingerprint density at radius 1 is 1.67 bits per heavy atom. The number of nitrogen functional groups attached to an aromatic ring is 1. The molecule has 0 radical (unpaired) electrons. The van der Waals surface area contributed by atoms with Gasteiger partial charge in [0.2, 0.25) is 0 Å². The maximum absolute atomic E-state index is 9.37. The van der Waals surface area contributed by atoms with Gasteiger partial charge in [-0.1, -0.05) is 11.6 Å². The normalized spacial score (nSPS) is 12.5. The highest BCUT2D eigenvalue weighted by molar-refractivity contribution is 6.29. The summed E-state index contributed by atoms with van der Waals surface area (Å²) in [7, 11) is 1.53. The van der Waals surface area contributed by atoms with Gasteiger partial charge in [0.05, 0.1) is 12.7 Å². The first kappa shape index (κ1) is 12.0. The van der Waals surface area contributed by atoms with E-state index in [0.717, 1.165) is 0 Å². The lowest BCUT2D eigenvalue weighted by Crippen LogP contribution is -2.24. The van der Waals surface area contributed by atoms with Crippen LogP contribution in [-0.2, 0) is 4.74 Å². The molecule has 1 aromatic heterocycles. The Morgan fingerprint density at radius 3 is 3.00 bits per heavy atom. The van der Waals surface area contributed by atoms with E-state index in [4.69, 9.17) is 22.1 Å². The van der Waals surface area contributed by atoms with Crippen molar-refractivity contribution in [2.45, 2.75) is 6.10 Å². The number of aromatic nitrogens is 1. The Hall–Kier alpha value is -1.04. The minimum Gasteiger partial charge on any atom is -0.399 e. The summed E-state index contributed by atoms with van der Waals surface area (Å²) in [4.78, 5) is 3.99. The van der Waals surface area contributed by atoms with Crippen molar-refractivity contribution < 1.29 is 9.84 Å². The molecule has 6 heteroatoms. The first-order valence-electron chi connectivity index (χ1n) is 4.45. The van der Waals surface area contributed by atoms with Gasteiger partial charge in [-0.3, -0.25) is 0 Å². The second kappa shape index (κ2) is 5.75. The zero-order valence-electron chi connectivity index (χ0n) is 8.40. The van der Waals surface area contributed by atoms with Crippen molar-refractivity contribution >= 4 is 23.1 Å². The van der Waals surface area contributed by atoms with Gasteiger partial charge in [-0.15, -0.1) is 0 Å². The fourth-order valence-electron chi connectivity index (χ4n) is 1.08. The zero-order valence-corrected chi connectivity index (χ0v) is 9.16. The molecule has 0 spiro atoms. The van der Waals surface area contributed by atoms with Gasteiger partial charge in [-0.25, -0.2) is 4.98 Å². The zero-order chi connectivity index (χ0) is 11.3. The third-order valence-corrected chi connectivity index (χ3v) is 1.89. The summed E-state index contributed by atoms with van der Waals surface area (Å²) in [5.74, 6) is 0.537. The molecule has 0 aliphatic rings. The van der Waals surface area contributed by atoms with Gasteiger partial charge in [0.1, 0.15) is 11.0 Å². The summed E-state index contributed by atoms with van der Waals surface area (Å²) in [6, 6.07) is 3.20. The number of pyridine rings is 1. The van der Waals surface area contributed by atoms with Crippen LogP contribution in [0.2, 0.25) is 5.15 Å². The minimum atomic E-state index is -0.586. The molecule has 0 aliphatic carbocycles. The van der Waals surface area contributed by atoms with Crippen molar-refractivity contribution in [2.24, 2.45) is 0 Å². The summed E-state index contributed by atoms with van der Waals surface area (Å²) in [6.45, 7) is 0.601. The quantitative estimate of drug-likeness (QED) is 0.652. The lowest BCUT2D eigenvalue weighted by molar-refractivity contribution is 0.0727. The molecule has 5 nitrogen and oxygen atoms in total. The van der Waals surface area contributed by atoms with Crippen LogP contribution >= 0.6 is 11.6 Å². The van der Waals surface area contributed by atoms with E-state index in [0.29, 0.717) is 23.2 Å². The van der Waals surface area contributed by atoms with E-state index in [1.165, 1.54) is 7.11 Å². The predicted molar refractivity (Wildman–Crippen MR) is 60.0 cm³/mol. The van der Waals surface area contributed by atoms with E-state index in [1.54, 1.807) is 12.1 Å². The average Bonchev–Trinajstić information content (AvgIpc) is 2.14. The van der Waals surface area contributed by atoms with Crippen LogP contribution in [0, 0.1) is 0 Å². The number of halogens is 1. The molecule has 0 aliphatic heterocycles. The van der Waals surface area contributed by atoms with Crippen LogP contribution < -0.4 is 11.1 Å². The SMILES string of the molecule is COCC(O)CNc1cc(N)cc(Cl)n1. The minimum absolute atomic E-state index is 0.267. The number of methoxy groups -OCH3 is 1. The lowest BCUT2D eigenvalue weighted by Gasteiger charge is -2.11. The molecular weight excluding hydrogens is 218 g/mol. The molecule has 0 saturated heterocycles. The summed E-state index contributed by atoms with van der Waals surface area (Å²) in [6.07, 6.45) is -0.586. The van der Waals surface area contributed by atoms with Crippen molar-refractivity contribution in [1.82, 2.24) is 4.98 Å². The second-order valence-corrected chi connectivity index (χ2v) is 3.49. The Kier molecular flexibility index (Phi) is 4.61. The van der Waals surface area contributed by atoms with Crippen molar-refractivity contribution in [3.8, 4) is 0 Å². The van der Waals surface area contributed by atoms with Crippen molar-refractivity contribution in [3.63, 3.8) is 0 Å². The van der Waals surface area contributed by atoms with Crippen LogP contribution in [0.3, 0.4) is 0 Å². The van der Waals surface area contributed by atoms with Crippen LogP contribution in [0.4, 0.5) is 11.5 Å². The topological polar surface area (TPSA) is 80.4 Å². The molecule has 1 unspecified atom stereocenters.